The summed E-state index contributed by atoms with van der Waals surface area (Å²) in [4.78, 5) is 11.1. The smallest absolute Gasteiger partial charge is 0.217 e. The molecule has 0 spiro atoms. The Morgan fingerprint density at radius 3 is 2.44 bits per heavy atom. The topological polar surface area (TPSA) is 61.4 Å². The molecule has 0 saturated heterocycles. The first-order valence-corrected chi connectivity index (χ1v) is 6.92. The van der Waals surface area contributed by atoms with Gasteiger partial charge in [0.25, 0.3) is 0 Å². The molecule has 3 N–H and O–H groups in total. The van der Waals surface area contributed by atoms with E-state index in [4.69, 9.17) is 0 Å². The summed E-state index contributed by atoms with van der Waals surface area (Å²) < 4.78 is 0. The van der Waals surface area contributed by atoms with Crippen molar-refractivity contribution in [2.24, 2.45) is 5.41 Å². The molecule has 0 aliphatic heterocycles. The lowest BCUT2D eigenvalue weighted by molar-refractivity contribution is -0.120. The molecule has 1 aliphatic rings. The molecule has 106 valence electrons. The summed E-state index contributed by atoms with van der Waals surface area (Å²) >= 11 is 0. The number of carbonyl (C=O) groups excluding carboxylic acids is 1. The van der Waals surface area contributed by atoms with Crippen LogP contribution >= 0.6 is 0 Å². The highest BCUT2D eigenvalue weighted by molar-refractivity contribution is 5.73. The maximum atomic E-state index is 11.1. The fourth-order valence-corrected chi connectivity index (χ4v) is 2.82. The van der Waals surface area contributed by atoms with Gasteiger partial charge in [-0.15, -0.1) is 0 Å². The minimum atomic E-state index is -0.190. The third kappa shape index (κ3) is 4.58. The maximum Gasteiger partial charge on any atom is 0.217 e. The fraction of sp³-hybridized carbons (Fsp3) is 0.929. The predicted molar refractivity (Wildman–Crippen MR) is 73.3 cm³/mol. The Balaban J connectivity index is 2.32. The molecular formula is C14H28N2O2. The van der Waals surface area contributed by atoms with Gasteiger partial charge in [-0.05, 0) is 40.0 Å². The van der Waals surface area contributed by atoms with Crippen molar-refractivity contribution in [1.82, 2.24) is 10.6 Å². The van der Waals surface area contributed by atoms with E-state index in [2.05, 4.69) is 17.6 Å². The number of hydrogen-bond donors (Lipinski definition) is 3. The van der Waals surface area contributed by atoms with Gasteiger partial charge in [0.15, 0.2) is 0 Å². The molecule has 0 radical (unpaired) electrons. The van der Waals surface area contributed by atoms with Crippen molar-refractivity contribution < 1.29 is 9.90 Å². The summed E-state index contributed by atoms with van der Waals surface area (Å²) in [5, 5.41) is 15.9. The predicted octanol–water partition coefficient (Wildman–Crippen LogP) is 1.43. The van der Waals surface area contributed by atoms with Gasteiger partial charge in [0.05, 0.1) is 0 Å². The second kappa shape index (κ2) is 6.02. The molecule has 4 heteroatoms. The van der Waals surface area contributed by atoms with Crippen LogP contribution in [0.1, 0.15) is 53.4 Å². The van der Waals surface area contributed by atoms with E-state index in [-0.39, 0.29) is 23.5 Å². The summed E-state index contributed by atoms with van der Waals surface area (Å²) in [7, 11) is 0. The lowest BCUT2D eigenvalue weighted by atomic mass is 9.69. The van der Waals surface area contributed by atoms with E-state index >= 15 is 0 Å². The number of carbonyl (C=O) groups is 1. The van der Waals surface area contributed by atoms with Crippen LogP contribution < -0.4 is 10.6 Å². The van der Waals surface area contributed by atoms with Gasteiger partial charge < -0.3 is 15.7 Å². The van der Waals surface area contributed by atoms with Crippen molar-refractivity contribution in [1.29, 1.82) is 0 Å². The number of rotatable bonds is 7. The van der Waals surface area contributed by atoms with Crippen molar-refractivity contribution in [3.8, 4) is 0 Å². The molecular weight excluding hydrogens is 228 g/mol. The van der Waals surface area contributed by atoms with Crippen molar-refractivity contribution in [3.63, 3.8) is 0 Å². The van der Waals surface area contributed by atoms with Gasteiger partial charge >= 0.3 is 0 Å². The van der Waals surface area contributed by atoms with Crippen LogP contribution in [-0.2, 0) is 4.79 Å². The SMILES string of the molecule is CC(=O)NC(C)(C)C[C@H](C)NCC1(CO)CCC1. The summed E-state index contributed by atoms with van der Waals surface area (Å²) in [5.41, 5.74) is -0.0728. The quantitative estimate of drug-likeness (QED) is 0.646. The monoisotopic (exact) mass is 256 g/mol. The fourth-order valence-electron chi connectivity index (χ4n) is 2.82. The average Bonchev–Trinajstić information content (AvgIpc) is 2.13. The van der Waals surface area contributed by atoms with Gasteiger partial charge in [-0.25, -0.2) is 0 Å². The Hall–Kier alpha value is -0.610. The van der Waals surface area contributed by atoms with E-state index in [1.54, 1.807) is 6.92 Å². The van der Waals surface area contributed by atoms with E-state index in [0.29, 0.717) is 6.04 Å². The van der Waals surface area contributed by atoms with E-state index in [9.17, 15) is 9.90 Å². The van der Waals surface area contributed by atoms with Crippen LogP contribution in [-0.4, -0.2) is 35.7 Å². The highest BCUT2D eigenvalue weighted by Gasteiger charge is 2.36. The van der Waals surface area contributed by atoms with Gasteiger partial charge in [-0.3, -0.25) is 4.79 Å². The van der Waals surface area contributed by atoms with Crippen LogP contribution in [0.4, 0.5) is 0 Å². The molecule has 0 unspecified atom stereocenters. The van der Waals surface area contributed by atoms with Crippen LogP contribution in [0, 0.1) is 5.41 Å². The number of nitrogens with one attached hydrogen (secondary N) is 2. The van der Waals surface area contributed by atoms with Crippen LogP contribution in [0.2, 0.25) is 0 Å². The second-order valence-electron chi connectivity index (χ2n) is 6.56. The zero-order valence-electron chi connectivity index (χ0n) is 12.2. The van der Waals surface area contributed by atoms with Crippen molar-refractivity contribution in [3.05, 3.63) is 0 Å². The Kier molecular flexibility index (Phi) is 5.17. The largest absolute Gasteiger partial charge is 0.396 e. The molecule has 1 aliphatic carbocycles. The zero-order chi connectivity index (χ0) is 13.8. The number of hydrogen-bond acceptors (Lipinski definition) is 3. The van der Waals surface area contributed by atoms with Gasteiger partial charge in [0.1, 0.15) is 0 Å². The molecule has 0 aromatic carbocycles. The number of aliphatic hydroxyl groups excluding tert-OH is 1. The molecule has 0 aromatic heterocycles. The Labute approximate surface area is 111 Å². The van der Waals surface area contributed by atoms with E-state index < -0.39 is 0 Å². The average molecular weight is 256 g/mol. The minimum Gasteiger partial charge on any atom is -0.396 e. The van der Waals surface area contributed by atoms with Crippen LogP contribution in [0.3, 0.4) is 0 Å². The third-order valence-corrected chi connectivity index (χ3v) is 3.91. The lowest BCUT2D eigenvalue weighted by Crippen LogP contribution is -2.50. The summed E-state index contributed by atoms with van der Waals surface area (Å²) in [6.07, 6.45) is 4.36. The minimum absolute atomic E-state index is 0.0121. The summed E-state index contributed by atoms with van der Waals surface area (Å²) in [6.45, 7) is 8.92. The molecule has 0 aromatic rings. The molecule has 0 heterocycles. The van der Waals surface area contributed by atoms with E-state index in [1.807, 2.05) is 13.8 Å². The van der Waals surface area contributed by atoms with Crippen molar-refractivity contribution in [2.45, 2.75) is 65.0 Å². The molecule has 1 fully saturated rings. The Bertz CT molecular complexity index is 280. The lowest BCUT2D eigenvalue weighted by Gasteiger charge is -2.41. The van der Waals surface area contributed by atoms with E-state index in [0.717, 1.165) is 25.8 Å². The maximum absolute atomic E-state index is 11.1. The molecule has 1 saturated carbocycles. The van der Waals surface area contributed by atoms with Crippen LogP contribution in [0.15, 0.2) is 0 Å². The molecule has 1 atom stereocenters. The molecule has 1 rings (SSSR count). The Morgan fingerprint density at radius 1 is 1.44 bits per heavy atom. The number of amides is 1. The van der Waals surface area contributed by atoms with Crippen LogP contribution in [0.25, 0.3) is 0 Å². The first-order valence-electron chi connectivity index (χ1n) is 6.92. The first kappa shape index (κ1) is 15.4. The summed E-state index contributed by atoms with van der Waals surface area (Å²) in [6, 6.07) is 0.330. The van der Waals surface area contributed by atoms with Crippen molar-refractivity contribution >= 4 is 5.91 Å². The highest BCUT2D eigenvalue weighted by Crippen LogP contribution is 2.39. The van der Waals surface area contributed by atoms with Crippen LogP contribution in [0.5, 0.6) is 0 Å². The number of aliphatic hydroxyl groups is 1. The van der Waals surface area contributed by atoms with E-state index in [1.165, 1.54) is 6.42 Å². The van der Waals surface area contributed by atoms with Gasteiger partial charge in [0, 0.05) is 37.1 Å². The molecule has 18 heavy (non-hydrogen) atoms. The molecule has 1 amide bonds. The second-order valence-corrected chi connectivity index (χ2v) is 6.56. The first-order chi connectivity index (χ1) is 8.29. The van der Waals surface area contributed by atoms with Gasteiger partial charge in [-0.2, -0.15) is 0 Å². The Morgan fingerprint density at radius 2 is 2.06 bits per heavy atom. The van der Waals surface area contributed by atoms with Gasteiger partial charge in [-0.1, -0.05) is 6.42 Å². The van der Waals surface area contributed by atoms with Gasteiger partial charge in [0.2, 0.25) is 5.91 Å². The summed E-state index contributed by atoms with van der Waals surface area (Å²) in [5.74, 6) is 0.0121. The normalized spacial score (nSPS) is 20.1. The highest BCUT2D eigenvalue weighted by atomic mass is 16.3. The van der Waals surface area contributed by atoms with Crippen molar-refractivity contribution in [2.75, 3.05) is 13.2 Å². The standard InChI is InChI=1S/C14H28N2O2/c1-11(8-13(3,4)16-12(2)18)15-9-14(10-17)6-5-7-14/h11,15,17H,5-10H2,1-4H3,(H,16,18)/t11-/m0/s1. The molecule has 0 bridgehead atoms. The third-order valence-electron chi connectivity index (χ3n) is 3.91. The molecule has 4 nitrogen and oxygen atoms in total. The zero-order valence-corrected chi connectivity index (χ0v) is 12.2.